The normalized spacial score (nSPS) is 10.0. The predicted octanol–water partition coefficient (Wildman–Crippen LogP) is 3.25. The molecular weight excluding hydrogens is 388 g/mol. The molecule has 0 aliphatic carbocycles. The topological polar surface area (TPSA) is 96.8 Å². The van der Waals surface area contributed by atoms with Crippen LogP contribution in [0.1, 0.15) is 31.4 Å². The van der Waals surface area contributed by atoms with Crippen LogP contribution < -0.4 is 9.47 Å². The van der Waals surface area contributed by atoms with Gasteiger partial charge in [-0.25, -0.2) is 14.8 Å². The van der Waals surface area contributed by atoms with Gasteiger partial charge in [-0.3, -0.25) is 4.79 Å². The number of nitrogens with zero attached hydrogens (tertiary/aromatic N) is 2. The molecule has 0 spiro atoms. The first-order valence-electron chi connectivity index (χ1n) is 9.51. The molecule has 2 aromatic heterocycles. The average Bonchev–Trinajstić information content (AvgIpc) is 2.78. The van der Waals surface area contributed by atoms with Crippen LogP contribution in [0.5, 0.6) is 11.8 Å². The Kier molecular flexibility index (Phi) is 11.9. The number of esters is 2. The van der Waals surface area contributed by atoms with E-state index in [1.807, 2.05) is 12.1 Å². The van der Waals surface area contributed by atoms with E-state index in [0.29, 0.717) is 37.8 Å². The Morgan fingerprint density at radius 3 is 2.03 bits per heavy atom. The Balaban J connectivity index is 0.000000300. The number of methoxy groups -OCH3 is 2. The number of hydrogen-bond donors (Lipinski definition) is 0. The van der Waals surface area contributed by atoms with Gasteiger partial charge in [0.2, 0.25) is 11.8 Å². The van der Waals surface area contributed by atoms with Gasteiger partial charge in [0, 0.05) is 37.0 Å². The van der Waals surface area contributed by atoms with Gasteiger partial charge in [-0.2, -0.15) is 0 Å². The average molecular weight is 416 g/mol. The third-order valence-electron chi connectivity index (χ3n) is 3.60. The van der Waals surface area contributed by atoms with E-state index in [0.717, 1.165) is 11.1 Å². The summed E-state index contributed by atoms with van der Waals surface area (Å²) in [5, 5.41) is 0. The molecule has 0 atom stereocenters. The van der Waals surface area contributed by atoms with Gasteiger partial charge >= 0.3 is 11.9 Å². The van der Waals surface area contributed by atoms with Crippen molar-refractivity contribution in [1.29, 1.82) is 0 Å². The summed E-state index contributed by atoms with van der Waals surface area (Å²) in [5.41, 5.74) is 1.83. The zero-order valence-corrected chi connectivity index (χ0v) is 17.8. The minimum atomic E-state index is -0.353. The molecule has 30 heavy (non-hydrogen) atoms. The smallest absolute Gasteiger partial charge is 0.330 e. The molecule has 2 aromatic rings. The summed E-state index contributed by atoms with van der Waals surface area (Å²) in [4.78, 5) is 30.1. The van der Waals surface area contributed by atoms with Crippen molar-refractivity contribution in [2.24, 2.45) is 0 Å². The van der Waals surface area contributed by atoms with Crippen molar-refractivity contribution in [2.45, 2.75) is 26.7 Å². The van der Waals surface area contributed by atoms with E-state index in [1.54, 1.807) is 58.7 Å². The van der Waals surface area contributed by atoms with Gasteiger partial charge in [0.1, 0.15) is 0 Å². The molecule has 0 aromatic carbocycles. The van der Waals surface area contributed by atoms with Gasteiger partial charge in [0.05, 0.1) is 27.4 Å². The van der Waals surface area contributed by atoms with Crippen LogP contribution in [0.2, 0.25) is 0 Å². The van der Waals surface area contributed by atoms with Crippen LogP contribution >= 0.6 is 0 Å². The van der Waals surface area contributed by atoms with Crippen LogP contribution in [0, 0.1) is 0 Å². The van der Waals surface area contributed by atoms with E-state index in [2.05, 4.69) is 9.97 Å². The van der Waals surface area contributed by atoms with Gasteiger partial charge in [-0.1, -0.05) is 6.07 Å². The number of aromatic nitrogens is 2. The molecule has 0 saturated carbocycles. The molecule has 0 amide bonds. The molecular formula is C22H28N2O6. The van der Waals surface area contributed by atoms with Crippen molar-refractivity contribution in [1.82, 2.24) is 9.97 Å². The van der Waals surface area contributed by atoms with E-state index in [-0.39, 0.29) is 11.9 Å². The summed E-state index contributed by atoms with van der Waals surface area (Å²) in [6.07, 6.45) is 7.38. The minimum absolute atomic E-state index is 0.173. The maximum absolute atomic E-state index is 11.1. The number of pyridine rings is 2. The molecule has 162 valence electrons. The van der Waals surface area contributed by atoms with Crippen molar-refractivity contribution in [2.75, 3.05) is 27.4 Å². The van der Waals surface area contributed by atoms with Crippen LogP contribution in [0.4, 0.5) is 0 Å². The third-order valence-corrected chi connectivity index (χ3v) is 3.60. The van der Waals surface area contributed by atoms with Crippen LogP contribution in [0.25, 0.3) is 6.08 Å². The second-order valence-electron chi connectivity index (χ2n) is 5.73. The van der Waals surface area contributed by atoms with Crippen LogP contribution in [0.15, 0.2) is 42.7 Å². The maximum Gasteiger partial charge on any atom is 0.330 e. The lowest BCUT2D eigenvalue weighted by atomic mass is 10.1. The summed E-state index contributed by atoms with van der Waals surface area (Å²) in [6.45, 7) is 4.37. The highest BCUT2D eigenvalue weighted by Crippen LogP contribution is 2.09. The molecule has 0 aliphatic rings. The number of hydrogen-bond acceptors (Lipinski definition) is 8. The highest BCUT2D eigenvalue weighted by atomic mass is 16.5. The summed E-state index contributed by atoms with van der Waals surface area (Å²) < 4.78 is 19.4. The molecule has 0 N–H and O–H groups in total. The quantitative estimate of drug-likeness (QED) is 0.454. The maximum atomic E-state index is 11.1. The zero-order chi connectivity index (χ0) is 22.2. The Hall–Kier alpha value is -3.42. The fraction of sp³-hybridized carbons (Fsp3) is 0.364. The fourth-order valence-electron chi connectivity index (χ4n) is 2.12. The number of carbonyl (C=O) groups excluding carboxylic acids is 2. The fourth-order valence-corrected chi connectivity index (χ4v) is 2.12. The van der Waals surface area contributed by atoms with Gasteiger partial charge in [-0.05, 0) is 43.5 Å². The van der Waals surface area contributed by atoms with E-state index in [4.69, 9.17) is 18.9 Å². The molecule has 0 fully saturated rings. The Morgan fingerprint density at radius 2 is 1.53 bits per heavy atom. The first-order valence-corrected chi connectivity index (χ1v) is 9.51. The van der Waals surface area contributed by atoms with E-state index in [1.165, 1.54) is 6.08 Å². The number of ether oxygens (including phenoxy) is 4. The van der Waals surface area contributed by atoms with Crippen LogP contribution in [-0.4, -0.2) is 49.3 Å². The van der Waals surface area contributed by atoms with Crippen molar-refractivity contribution < 1.29 is 28.5 Å². The van der Waals surface area contributed by atoms with Gasteiger partial charge in [0.25, 0.3) is 0 Å². The second kappa shape index (κ2) is 14.6. The first kappa shape index (κ1) is 24.6. The molecule has 2 rings (SSSR count). The largest absolute Gasteiger partial charge is 0.481 e. The lowest BCUT2D eigenvalue weighted by Crippen LogP contribution is -2.05. The van der Waals surface area contributed by atoms with E-state index < -0.39 is 0 Å². The zero-order valence-electron chi connectivity index (χ0n) is 17.8. The lowest BCUT2D eigenvalue weighted by Gasteiger charge is -2.02. The Bertz CT molecular complexity index is 788. The van der Waals surface area contributed by atoms with Crippen molar-refractivity contribution in [3.05, 3.63) is 53.9 Å². The highest BCUT2D eigenvalue weighted by Gasteiger charge is 2.03. The van der Waals surface area contributed by atoms with Gasteiger partial charge in [0.15, 0.2) is 0 Å². The van der Waals surface area contributed by atoms with Crippen molar-refractivity contribution in [3.8, 4) is 11.8 Å². The number of rotatable bonds is 9. The summed E-state index contributed by atoms with van der Waals surface area (Å²) in [7, 11) is 3.12. The molecule has 8 nitrogen and oxygen atoms in total. The lowest BCUT2D eigenvalue weighted by molar-refractivity contribution is -0.143. The molecule has 0 bridgehead atoms. The van der Waals surface area contributed by atoms with Gasteiger partial charge < -0.3 is 18.9 Å². The standard InChI is InChI=1S/C11H15NO3.C11H13NO3/c2*1-3-15-11(13)7-5-9-4-6-10(14-2)12-8-9/h4,6,8H,3,5,7H2,1-2H3;4-8H,3H2,1-2H3. The molecule has 8 heteroatoms. The molecule has 0 saturated heterocycles. The Labute approximate surface area is 176 Å². The van der Waals surface area contributed by atoms with Crippen molar-refractivity contribution in [3.63, 3.8) is 0 Å². The number of aryl methyl sites for hydroxylation is 1. The van der Waals surface area contributed by atoms with Crippen LogP contribution in [0.3, 0.4) is 0 Å². The predicted molar refractivity (Wildman–Crippen MR) is 112 cm³/mol. The first-order chi connectivity index (χ1) is 14.5. The SMILES string of the molecule is CCOC(=O)C=Cc1ccc(OC)nc1.CCOC(=O)CCc1ccc(OC)nc1. The van der Waals surface area contributed by atoms with E-state index >= 15 is 0 Å². The van der Waals surface area contributed by atoms with Gasteiger partial charge in [-0.15, -0.1) is 0 Å². The van der Waals surface area contributed by atoms with Crippen LogP contribution in [-0.2, 0) is 25.5 Å². The molecule has 0 radical (unpaired) electrons. The summed E-state index contributed by atoms with van der Waals surface area (Å²) >= 11 is 0. The minimum Gasteiger partial charge on any atom is -0.481 e. The molecule has 0 aliphatic heterocycles. The third kappa shape index (κ3) is 10.2. The monoisotopic (exact) mass is 416 g/mol. The van der Waals surface area contributed by atoms with Crippen molar-refractivity contribution >= 4 is 18.0 Å². The second-order valence-corrected chi connectivity index (χ2v) is 5.73. The van der Waals surface area contributed by atoms with E-state index in [9.17, 15) is 9.59 Å². The summed E-state index contributed by atoms with van der Waals surface area (Å²) in [5.74, 6) is 0.597. The summed E-state index contributed by atoms with van der Waals surface area (Å²) in [6, 6.07) is 7.21. The number of carbonyl (C=O) groups is 2. The molecule has 0 unspecified atom stereocenters. The Morgan fingerprint density at radius 1 is 0.900 bits per heavy atom. The molecule has 2 heterocycles. The highest BCUT2D eigenvalue weighted by molar-refractivity contribution is 5.86.